The van der Waals surface area contributed by atoms with E-state index in [1.165, 1.54) is 0 Å². The molecule has 2 aromatic rings. The van der Waals surface area contributed by atoms with Gasteiger partial charge in [-0.1, -0.05) is 54.6 Å². The Balaban J connectivity index is 1.44. The third kappa shape index (κ3) is 3.94. The summed E-state index contributed by atoms with van der Waals surface area (Å²) in [5.74, 6) is -0.341. The van der Waals surface area contributed by atoms with Crippen molar-refractivity contribution in [2.45, 2.75) is 37.8 Å². The average Bonchev–Trinajstić information content (AvgIpc) is 2.74. The van der Waals surface area contributed by atoms with Gasteiger partial charge in [-0.3, -0.25) is 9.59 Å². The molecule has 0 spiro atoms. The summed E-state index contributed by atoms with van der Waals surface area (Å²) in [4.78, 5) is 26.5. The van der Waals surface area contributed by atoms with E-state index in [0.29, 0.717) is 26.0 Å². The molecule has 2 amide bonds. The van der Waals surface area contributed by atoms with Crippen LogP contribution >= 0.6 is 0 Å². The van der Waals surface area contributed by atoms with Crippen LogP contribution in [0.5, 0.6) is 0 Å². The number of nitrogens with zero attached hydrogens (tertiary/aromatic N) is 1. The summed E-state index contributed by atoms with van der Waals surface area (Å²) in [5.41, 5.74) is 8.81. The predicted octanol–water partition coefficient (Wildman–Crippen LogP) is 2.78. The van der Waals surface area contributed by atoms with E-state index in [9.17, 15) is 9.59 Å². The Bertz CT molecular complexity index is 835. The standard InChI is InChI=1S/C23H26N2O3/c24-23(27)19-10-11-21-20(15-19)25(12-13-28-21)22(26)14-16-6-8-18(9-7-16)17-4-2-1-3-5-17/h1-9,19-21H,10-15H2,(H2,24,27)/t19-,20+,21+/m0/s1. The first-order valence-electron chi connectivity index (χ1n) is 9.96. The first kappa shape index (κ1) is 18.7. The zero-order valence-electron chi connectivity index (χ0n) is 15.9. The molecule has 28 heavy (non-hydrogen) atoms. The van der Waals surface area contributed by atoms with E-state index in [1.807, 2.05) is 35.2 Å². The number of primary amides is 1. The number of carbonyl (C=O) groups is 2. The monoisotopic (exact) mass is 378 g/mol. The van der Waals surface area contributed by atoms with E-state index in [1.54, 1.807) is 0 Å². The number of amides is 2. The average molecular weight is 378 g/mol. The topological polar surface area (TPSA) is 72.6 Å². The summed E-state index contributed by atoms with van der Waals surface area (Å²) >= 11 is 0. The van der Waals surface area contributed by atoms with Gasteiger partial charge in [0.05, 0.1) is 25.2 Å². The molecule has 1 heterocycles. The lowest BCUT2D eigenvalue weighted by atomic mass is 9.81. The van der Waals surface area contributed by atoms with E-state index in [-0.39, 0.29) is 29.9 Å². The summed E-state index contributed by atoms with van der Waals surface area (Å²) in [5, 5.41) is 0. The first-order valence-corrected chi connectivity index (χ1v) is 9.96. The van der Waals surface area contributed by atoms with Crippen molar-refractivity contribution in [2.24, 2.45) is 11.7 Å². The van der Waals surface area contributed by atoms with Crippen molar-refractivity contribution >= 4 is 11.8 Å². The van der Waals surface area contributed by atoms with E-state index in [0.717, 1.165) is 29.5 Å². The summed E-state index contributed by atoms with van der Waals surface area (Å²) in [6, 6.07) is 18.3. The number of hydrogen-bond acceptors (Lipinski definition) is 3. The summed E-state index contributed by atoms with van der Waals surface area (Å²) in [7, 11) is 0. The van der Waals surface area contributed by atoms with Gasteiger partial charge in [0.2, 0.25) is 11.8 Å². The van der Waals surface area contributed by atoms with E-state index < -0.39 is 0 Å². The molecule has 2 fully saturated rings. The Morgan fingerprint density at radius 1 is 1.00 bits per heavy atom. The smallest absolute Gasteiger partial charge is 0.227 e. The predicted molar refractivity (Wildman–Crippen MR) is 107 cm³/mol. The Kier molecular flexibility index (Phi) is 5.44. The number of morpholine rings is 1. The van der Waals surface area contributed by atoms with Gasteiger partial charge in [-0.15, -0.1) is 0 Å². The Hall–Kier alpha value is -2.66. The zero-order valence-corrected chi connectivity index (χ0v) is 15.9. The number of carbonyl (C=O) groups excluding carboxylic acids is 2. The Labute approximate surface area is 165 Å². The molecule has 146 valence electrons. The van der Waals surface area contributed by atoms with E-state index in [4.69, 9.17) is 10.5 Å². The van der Waals surface area contributed by atoms with Gasteiger partial charge >= 0.3 is 0 Å². The maximum absolute atomic E-state index is 13.0. The number of hydrogen-bond donors (Lipinski definition) is 1. The van der Waals surface area contributed by atoms with Crippen molar-refractivity contribution in [3.8, 4) is 11.1 Å². The molecule has 0 unspecified atom stereocenters. The van der Waals surface area contributed by atoms with Crippen LogP contribution in [-0.2, 0) is 20.7 Å². The lowest BCUT2D eigenvalue weighted by Gasteiger charge is -2.45. The van der Waals surface area contributed by atoms with Gasteiger partial charge in [-0.05, 0) is 36.0 Å². The molecule has 2 aliphatic rings. The minimum absolute atomic E-state index is 0.0220. The molecule has 5 nitrogen and oxygen atoms in total. The number of nitrogens with two attached hydrogens (primary N) is 1. The minimum atomic E-state index is -0.270. The molecule has 0 aromatic heterocycles. The molecule has 1 saturated carbocycles. The highest BCUT2D eigenvalue weighted by atomic mass is 16.5. The van der Waals surface area contributed by atoms with Gasteiger partial charge in [0, 0.05) is 12.5 Å². The van der Waals surface area contributed by atoms with Crippen LogP contribution in [-0.4, -0.2) is 42.0 Å². The third-order valence-electron chi connectivity index (χ3n) is 5.96. The molecule has 2 aromatic carbocycles. The second-order valence-electron chi connectivity index (χ2n) is 7.72. The quantitative estimate of drug-likeness (QED) is 0.889. The molecular weight excluding hydrogens is 352 g/mol. The maximum atomic E-state index is 13.0. The fraction of sp³-hybridized carbons (Fsp3) is 0.391. The van der Waals surface area contributed by atoms with Crippen LogP contribution in [0.2, 0.25) is 0 Å². The normalized spacial score (nSPS) is 24.4. The van der Waals surface area contributed by atoms with Crippen LogP contribution in [0.4, 0.5) is 0 Å². The number of benzene rings is 2. The zero-order chi connectivity index (χ0) is 19.5. The van der Waals surface area contributed by atoms with Gasteiger partial charge in [0.1, 0.15) is 0 Å². The number of rotatable bonds is 4. The molecule has 1 saturated heterocycles. The molecule has 0 radical (unpaired) electrons. The molecule has 1 aliphatic carbocycles. The Morgan fingerprint density at radius 2 is 1.71 bits per heavy atom. The maximum Gasteiger partial charge on any atom is 0.227 e. The van der Waals surface area contributed by atoms with Gasteiger partial charge in [-0.25, -0.2) is 0 Å². The van der Waals surface area contributed by atoms with Gasteiger partial charge < -0.3 is 15.4 Å². The van der Waals surface area contributed by atoms with Crippen molar-refractivity contribution in [1.82, 2.24) is 4.90 Å². The largest absolute Gasteiger partial charge is 0.374 e. The van der Waals surface area contributed by atoms with Crippen LogP contribution in [0.1, 0.15) is 24.8 Å². The van der Waals surface area contributed by atoms with E-state index >= 15 is 0 Å². The van der Waals surface area contributed by atoms with Gasteiger partial charge in [0.25, 0.3) is 0 Å². The van der Waals surface area contributed by atoms with Gasteiger partial charge in [0.15, 0.2) is 0 Å². The van der Waals surface area contributed by atoms with Crippen LogP contribution in [0, 0.1) is 5.92 Å². The molecular formula is C23H26N2O3. The van der Waals surface area contributed by atoms with Crippen molar-refractivity contribution in [2.75, 3.05) is 13.2 Å². The second kappa shape index (κ2) is 8.15. The van der Waals surface area contributed by atoms with E-state index in [2.05, 4.69) is 24.3 Å². The first-order chi connectivity index (χ1) is 13.6. The highest BCUT2D eigenvalue weighted by Gasteiger charge is 2.41. The molecule has 5 heteroatoms. The molecule has 4 rings (SSSR count). The lowest BCUT2D eigenvalue weighted by molar-refractivity contribution is -0.153. The summed E-state index contributed by atoms with van der Waals surface area (Å²) in [6.45, 7) is 1.13. The Morgan fingerprint density at radius 3 is 2.43 bits per heavy atom. The molecule has 2 N–H and O–H groups in total. The molecule has 3 atom stereocenters. The van der Waals surface area contributed by atoms with Crippen molar-refractivity contribution in [3.05, 3.63) is 60.2 Å². The highest BCUT2D eigenvalue weighted by molar-refractivity contribution is 5.80. The number of ether oxygens (including phenoxy) is 1. The lowest BCUT2D eigenvalue weighted by Crippen LogP contribution is -2.57. The molecule has 0 bridgehead atoms. The summed E-state index contributed by atoms with van der Waals surface area (Å²) < 4.78 is 5.86. The van der Waals surface area contributed by atoms with Crippen molar-refractivity contribution in [3.63, 3.8) is 0 Å². The third-order valence-corrected chi connectivity index (χ3v) is 5.96. The minimum Gasteiger partial charge on any atom is -0.374 e. The van der Waals surface area contributed by atoms with Crippen molar-refractivity contribution in [1.29, 1.82) is 0 Å². The van der Waals surface area contributed by atoms with Crippen LogP contribution in [0.3, 0.4) is 0 Å². The van der Waals surface area contributed by atoms with Gasteiger partial charge in [-0.2, -0.15) is 0 Å². The summed E-state index contributed by atoms with van der Waals surface area (Å²) in [6.07, 6.45) is 2.53. The van der Waals surface area contributed by atoms with Crippen LogP contribution < -0.4 is 5.73 Å². The fourth-order valence-corrected chi connectivity index (χ4v) is 4.40. The fourth-order valence-electron chi connectivity index (χ4n) is 4.40. The van der Waals surface area contributed by atoms with Crippen molar-refractivity contribution < 1.29 is 14.3 Å². The molecule has 1 aliphatic heterocycles. The van der Waals surface area contributed by atoms with Crippen LogP contribution in [0.25, 0.3) is 11.1 Å². The van der Waals surface area contributed by atoms with Crippen LogP contribution in [0.15, 0.2) is 54.6 Å². The second-order valence-corrected chi connectivity index (χ2v) is 7.72. The number of fused-ring (bicyclic) bond motifs is 1. The highest BCUT2D eigenvalue weighted by Crippen LogP contribution is 2.32. The SMILES string of the molecule is NC(=O)[C@H]1CC[C@H]2OCCN(C(=O)Cc3ccc(-c4ccccc4)cc3)[C@@H]2C1.